The topological polar surface area (TPSA) is 52.6 Å². The number of anilines is 1. The number of carboxylic acid groups (broad SMARTS) is 1. The molecule has 100 valence electrons. The van der Waals surface area contributed by atoms with Crippen molar-refractivity contribution in [3.63, 3.8) is 0 Å². The molecule has 1 aromatic rings. The summed E-state index contributed by atoms with van der Waals surface area (Å²) < 4.78 is 0. The van der Waals surface area contributed by atoms with Crippen LogP contribution in [0.4, 0.5) is 5.69 Å². The Morgan fingerprint density at radius 1 is 1.28 bits per heavy atom. The van der Waals surface area contributed by atoms with Gasteiger partial charge in [0.15, 0.2) is 0 Å². The lowest BCUT2D eigenvalue weighted by Gasteiger charge is -2.26. The van der Waals surface area contributed by atoms with E-state index in [4.69, 9.17) is 5.11 Å². The van der Waals surface area contributed by atoms with E-state index in [1.807, 2.05) is 26.2 Å². The van der Waals surface area contributed by atoms with Gasteiger partial charge in [-0.3, -0.25) is 0 Å². The van der Waals surface area contributed by atoms with Crippen molar-refractivity contribution in [2.45, 2.75) is 19.9 Å². The number of likely N-dealkylation sites (N-methyl/N-ethyl adjacent to an activating group) is 1. The van der Waals surface area contributed by atoms with E-state index in [2.05, 4.69) is 24.1 Å². The molecule has 0 heterocycles. The first-order valence-electron chi connectivity index (χ1n) is 6.14. The minimum atomic E-state index is -0.893. The lowest BCUT2D eigenvalue weighted by atomic mass is 10.0. The minimum absolute atomic E-state index is 0.314. The van der Waals surface area contributed by atoms with Crippen molar-refractivity contribution < 1.29 is 9.90 Å². The fourth-order valence-corrected chi connectivity index (χ4v) is 1.74. The van der Waals surface area contributed by atoms with Gasteiger partial charge in [-0.2, -0.15) is 0 Å². The highest BCUT2D eigenvalue weighted by Crippen LogP contribution is 2.14. The third-order valence-corrected chi connectivity index (χ3v) is 2.85. The second-order valence-electron chi connectivity index (χ2n) is 5.14. The number of benzene rings is 1. The maximum Gasteiger partial charge on any atom is 0.335 e. The summed E-state index contributed by atoms with van der Waals surface area (Å²) in [4.78, 5) is 12.9. The van der Waals surface area contributed by atoms with Crippen LogP contribution in [0.3, 0.4) is 0 Å². The summed E-state index contributed by atoms with van der Waals surface area (Å²) in [5.41, 5.74) is 1.27. The molecule has 18 heavy (non-hydrogen) atoms. The van der Waals surface area contributed by atoms with Crippen LogP contribution in [-0.2, 0) is 0 Å². The Bertz CT molecular complexity index is 385. The molecule has 1 unspecified atom stereocenters. The summed E-state index contributed by atoms with van der Waals surface area (Å²) in [6, 6.07) is 7.22. The molecule has 1 aromatic carbocycles. The molecule has 1 atom stereocenters. The molecule has 0 fully saturated rings. The molecule has 0 radical (unpaired) electrons. The molecular formula is C14H22N2O2. The van der Waals surface area contributed by atoms with E-state index in [0.29, 0.717) is 17.5 Å². The van der Waals surface area contributed by atoms with Gasteiger partial charge in [-0.25, -0.2) is 4.79 Å². The molecule has 4 heteroatoms. The predicted octanol–water partition coefficient (Wildman–Crippen LogP) is 2.38. The Balaban J connectivity index is 2.72. The molecule has 4 nitrogen and oxygen atoms in total. The van der Waals surface area contributed by atoms with Gasteiger partial charge in [-0.15, -0.1) is 0 Å². The molecule has 0 saturated carbocycles. The number of nitrogens with zero attached hydrogens (tertiary/aromatic N) is 1. The van der Waals surface area contributed by atoms with Crippen LogP contribution >= 0.6 is 0 Å². The zero-order valence-corrected chi connectivity index (χ0v) is 11.5. The number of hydrogen-bond acceptors (Lipinski definition) is 3. The summed E-state index contributed by atoms with van der Waals surface area (Å²) in [7, 11) is 4.09. The maximum absolute atomic E-state index is 10.8. The zero-order valence-electron chi connectivity index (χ0n) is 11.5. The van der Waals surface area contributed by atoms with Gasteiger partial charge in [-0.1, -0.05) is 13.8 Å². The normalized spacial score (nSPS) is 12.8. The van der Waals surface area contributed by atoms with Gasteiger partial charge in [0.25, 0.3) is 0 Å². The zero-order chi connectivity index (χ0) is 13.7. The predicted molar refractivity (Wildman–Crippen MR) is 74.2 cm³/mol. The lowest BCUT2D eigenvalue weighted by molar-refractivity contribution is 0.0697. The van der Waals surface area contributed by atoms with E-state index in [9.17, 15) is 4.79 Å². The van der Waals surface area contributed by atoms with Crippen molar-refractivity contribution in [2.75, 3.05) is 26.0 Å². The Hall–Kier alpha value is -1.55. The molecule has 1 rings (SSSR count). The number of carboxylic acids is 1. The Kier molecular flexibility index (Phi) is 5.16. The van der Waals surface area contributed by atoms with Crippen LogP contribution in [0.2, 0.25) is 0 Å². The van der Waals surface area contributed by atoms with Crippen molar-refractivity contribution in [3.05, 3.63) is 29.8 Å². The molecule has 0 aliphatic rings. The second-order valence-corrected chi connectivity index (χ2v) is 5.14. The van der Waals surface area contributed by atoms with E-state index in [1.54, 1.807) is 12.1 Å². The molecule has 0 bridgehead atoms. The highest BCUT2D eigenvalue weighted by atomic mass is 16.4. The van der Waals surface area contributed by atoms with E-state index in [-0.39, 0.29) is 0 Å². The van der Waals surface area contributed by atoms with Crippen molar-refractivity contribution in [3.8, 4) is 0 Å². The van der Waals surface area contributed by atoms with Crippen LogP contribution in [0.15, 0.2) is 24.3 Å². The Morgan fingerprint density at radius 3 is 2.22 bits per heavy atom. The Labute approximate surface area is 109 Å². The van der Waals surface area contributed by atoms with E-state index < -0.39 is 5.97 Å². The van der Waals surface area contributed by atoms with Crippen LogP contribution in [0.5, 0.6) is 0 Å². The molecule has 0 aliphatic carbocycles. The summed E-state index contributed by atoms with van der Waals surface area (Å²) in [5, 5.41) is 12.3. The first kappa shape index (κ1) is 14.5. The highest BCUT2D eigenvalue weighted by Gasteiger charge is 2.14. The second kappa shape index (κ2) is 6.40. The molecule has 0 aromatic heterocycles. The van der Waals surface area contributed by atoms with Gasteiger partial charge >= 0.3 is 5.97 Å². The van der Waals surface area contributed by atoms with Crippen LogP contribution in [0.25, 0.3) is 0 Å². The fraction of sp³-hybridized carbons (Fsp3) is 0.500. The van der Waals surface area contributed by atoms with Crippen LogP contribution in [0.1, 0.15) is 24.2 Å². The van der Waals surface area contributed by atoms with Gasteiger partial charge in [0.05, 0.1) is 5.56 Å². The first-order valence-corrected chi connectivity index (χ1v) is 6.14. The van der Waals surface area contributed by atoms with Gasteiger partial charge in [0.1, 0.15) is 0 Å². The van der Waals surface area contributed by atoms with Crippen LogP contribution in [0, 0.1) is 5.92 Å². The standard InChI is InChI=1S/C14H22N2O2/c1-10(2)13(9-16(3)4)15-12-7-5-11(6-8-12)14(17)18/h5-8,10,13,15H,9H2,1-4H3,(H,17,18). The number of carbonyl (C=O) groups is 1. The quantitative estimate of drug-likeness (QED) is 0.814. The molecular weight excluding hydrogens is 228 g/mol. The SMILES string of the molecule is CC(C)C(CN(C)C)Nc1ccc(C(=O)O)cc1. The number of nitrogens with one attached hydrogen (secondary N) is 1. The van der Waals surface area contributed by atoms with Gasteiger partial charge in [0.2, 0.25) is 0 Å². The Morgan fingerprint density at radius 2 is 1.83 bits per heavy atom. The van der Waals surface area contributed by atoms with Crippen molar-refractivity contribution in [1.82, 2.24) is 4.90 Å². The van der Waals surface area contributed by atoms with Crippen LogP contribution < -0.4 is 5.32 Å². The smallest absolute Gasteiger partial charge is 0.335 e. The van der Waals surface area contributed by atoms with Gasteiger partial charge < -0.3 is 15.3 Å². The number of aromatic carboxylic acids is 1. The third kappa shape index (κ3) is 4.37. The van der Waals surface area contributed by atoms with Crippen molar-refractivity contribution in [2.24, 2.45) is 5.92 Å². The van der Waals surface area contributed by atoms with Crippen molar-refractivity contribution in [1.29, 1.82) is 0 Å². The number of hydrogen-bond donors (Lipinski definition) is 2. The third-order valence-electron chi connectivity index (χ3n) is 2.85. The summed E-state index contributed by atoms with van der Waals surface area (Å²) in [6.45, 7) is 5.29. The van der Waals surface area contributed by atoms with Crippen molar-refractivity contribution >= 4 is 11.7 Å². The minimum Gasteiger partial charge on any atom is -0.478 e. The van der Waals surface area contributed by atoms with E-state index in [0.717, 1.165) is 12.2 Å². The summed E-state index contributed by atoms with van der Waals surface area (Å²) in [5.74, 6) is -0.387. The average molecular weight is 250 g/mol. The van der Waals surface area contributed by atoms with Gasteiger partial charge in [0, 0.05) is 18.3 Å². The molecule has 0 amide bonds. The number of rotatable bonds is 6. The van der Waals surface area contributed by atoms with Gasteiger partial charge in [-0.05, 0) is 44.3 Å². The molecule has 0 spiro atoms. The van der Waals surface area contributed by atoms with E-state index in [1.165, 1.54) is 0 Å². The first-order chi connectivity index (χ1) is 8.40. The van der Waals surface area contributed by atoms with E-state index >= 15 is 0 Å². The lowest BCUT2D eigenvalue weighted by Crippen LogP contribution is -2.36. The highest BCUT2D eigenvalue weighted by molar-refractivity contribution is 5.87. The fourth-order valence-electron chi connectivity index (χ4n) is 1.74. The van der Waals surface area contributed by atoms with Crippen LogP contribution in [-0.4, -0.2) is 42.7 Å². The molecule has 0 saturated heterocycles. The summed E-state index contributed by atoms with van der Waals surface area (Å²) >= 11 is 0. The summed E-state index contributed by atoms with van der Waals surface area (Å²) in [6.07, 6.45) is 0. The average Bonchev–Trinajstić information content (AvgIpc) is 2.28. The molecule has 0 aliphatic heterocycles. The maximum atomic E-state index is 10.8. The largest absolute Gasteiger partial charge is 0.478 e. The monoisotopic (exact) mass is 250 g/mol. The molecule has 2 N–H and O–H groups in total.